The lowest BCUT2D eigenvalue weighted by Crippen LogP contribution is -2.25. The second kappa shape index (κ2) is 9.31. The number of pyridine rings is 1. The third kappa shape index (κ3) is 4.12. The summed E-state index contributed by atoms with van der Waals surface area (Å²) < 4.78 is 12.3. The van der Waals surface area contributed by atoms with E-state index < -0.39 is 11.9 Å². The molecule has 0 aliphatic carbocycles. The number of fused-ring (bicyclic) bond motifs is 2. The third-order valence-electron chi connectivity index (χ3n) is 6.62. The van der Waals surface area contributed by atoms with Crippen molar-refractivity contribution in [2.75, 3.05) is 7.11 Å². The van der Waals surface area contributed by atoms with E-state index in [-0.39, 0.29) is 56.6 Å². The van der Waals surface area contributed by atoms with Crippen molar-refractivity contribution in [2.24, 2.45) is 7.05 Å². The number of hydrogen-bond acceptors (Lipinski definition) is 7. The number of aryl methyl sites for hydroxylation is 1. The molecule has 2 aromatic heterocycles. The first kappa shape index (κ1) is 23.9. The first-order valence-electron chi connectivity index (χ1n) is 11.5. The lowest BCUT2D eigenvalue weighted by atomic mass is 9.86. The normalized spacial score (nSPS) is 12.1. The van der Waals surface area contributed by atoms with E-state index in [4.69, 9.17) is 9.15 Å². The van der Waals surface area contributed by atoms with E-state index in [0.29, 0.717) is 11.1 Å². The molecule has 0 bridgehead atoms. The molecule has 0 spiro atoms. The highest BCUT2D eigenvalue weighted by atomic mass is 16.5. The van der Waals surface area contributed by atoms with E-state index in [1.54, 1.807) is 25.2 Å². The van der Waals surface area contributed by atoms with Crippen LogP contribution in [-0.2, 0) is 16.6 Å². The Morgan fingerprint density at radius 3 is 2.49 bits per heavy atom. The third-order valence-corrected chi connectivity index (χ3v) is 6.62. The standard InChI is InChI=1S/C29H23NO7/c1-30-23-6-4-3-5-17(23)13-21(29(30)35)20(14-25(33)36-2)26-24(32)12-11-19-27(34)22(15-37-28(19)26)16-7-9-18(31)10-8-16/h3-13,15,20,31-32H,14H2,1-2H3/t20-/m1/s1. The number of carbonyl (C=O) groups excluding carboxylic acids is 1. The molecule has 1 atom stereocenters. The lowest BCUT2D eigenvalue weighted by Gasteiger charge is -2.20. The number of carbonyl (C=O) groups is 1. The van der Waals surface area contributed by atoms with Gasteiger partial charge in [0.1, 0.15) is 23.3 Å². The number of aromatic hydroxyl groups is 2. The van der Waals surface area contributed by atoms with Gasteiger partial charge in [-0.25, -0.2) is 0 Å². The van der Waals surface area contributed by atoms with Crippen LogP contribution in [0.25, 0.3) is 33.0 Å². The van der Waals surface area contributed by atoms with Gasteiger partial charge >= 0.3 is 5.97 Å². The van der Waals surface area contributed by atoms with E-state index >= 15 is 0 Å². The fourth-order valence-electron chi connectivity index (χ4n) is 4.70. The van der Waals surface area contributed by atoms with Gasteiger partial charge in [-0.05, 0) is 47.3 Å². The molecule has 8 nitrogen and oxygen atoms in total. The SMILES string of the molecule is COC(=O)C[C@H](c1cc2ccccc2n(C)c1=O)c1c(O)ccc2c(=O)c(-c3ccc(O)cc3)coc12. The highest BCUT2D eigenvalue weighted by molar-refractivity contribution is 5.88. The Bertz CT molecular complexity index is 1780. The number of phenolic OH excluding ortho intramolecular Hbond substituents is 2. The quantitative estimate of drug-likeness (QED) is 0.345. The van der Waals surface area contributed by atoms with Crippen molar-refractivity contribution in [3.63, 3.8) is 0 Å². The highest BCUT2D eigenvalue weighted by Crippen LogP contribution is 2.39. The van der Waals surface area contributed by atoms with Crippen LogP contribution in [0.5, 0.6) is 11.5 Å². The maximum Gasteiger partial charge on any atom is 0.306 e. The fraction of sp³-hybridized carbons (Fsp3) is 0.138. The minimum Gasteiger partial charge on any atom is -0.508 e. The molecule has 0 aliphatic heterocycles. The lowest BCUT2D eigenvalue weighted by molar-refractivity contribution is -0.140. The molecule has 0 unspecified atom stereocenters. The Morgan fingerprint density at radius 2 is 1.76 bits per heavy atom. The molecule has 0 saturated heterocycles. The number of phenols is 2. The van der Waals surface area contributed by atoms with Crippen molar-refractivity contribution in [1.82, 2.24) is 4.57 Å². The van der Waals surface area contributed by atoms with Crippen LogP contribution in [0.2, 0.25) is 0 Å². The summed E-state index contributed by atoms with van der Waals surface area (Å²) >= 11 is 0. The Hall–Kier alpha value is -4.85. The molecule has 5 aromatic rings. The number of nitrogens with zero attached hydrogens (tertiary/aromatic N) is 1. The zero-order valence-electron chi connectivity index (χ0n) is 20.1. The van der Waals surface area contributed by atoms with Crippen LogP contribution in [0.3, 0.4) is 0 Å². The maximum absolute atomic E-state index is 13.5. The Morgan fingerprint density at radius 1 is 1.03 bits per heavy atom. The van der Waals surface area contributed by atoms with Gasteiger partial charge in [0.2, 0.25) is 5.43 Å². The van der Waals surface area contributed by atoms with Gasteiger partial charge in [0.25, 0.3) is 5.56 Å². The van der Waals surface area contributed by atoms with Crippen molar-refractivity contribution < 1.29 is 24.2 Å². The fourth-order valence-corrected chi connectivity index (χ4v) is 4.70. The van der Waals surface area contributed by atoms with E-state index in [1.165, 1.54) is 42.2 Å². The van der Waals surface area contributed by atoms with Crippen LogP contribution in [0.1, 0.15) is 23.5 Å². The molecule has 5 rings (SSSR count). The number of hydrogen-bond donors (Lipinski definition) is 2. The number of methoxy groups -OCH3 is 1. The molecule has 0 fully saturated rings. The zero-order valence-corrected chi connectivity index (χ0v) is 20.1. The first-order chi connectivity index (χ1) is 17.8. The molecule has 0 saturated carbocycles. The first-order valence-corrected chi connectivity index (χ1v) is 11.5. The van der Waals surface area contributed by atoms with E-state index in [2.05, 4.69) is 0 Å². The maximum atomic E-state index is 13.5. The van der Waals surface area contributed by atoms with Gasteiger partial charge in [-0.3, -0.25) is 14.4 Å². The molecule has 8 heteroatoms. The number of rotatable bonds is 5. The minimum absolute atomic E-state index is 0.0590. The summed E-state index contributed by atoms with van der Waals surface area (Å²) in [6, 6.07) is 17.9. The van der Waals surface area contributed by atoms with Crippen LogP contribution in [0.4, 0.5) is 0 Å². The molecular weight excluding hydrogens is 474 g/mol. The Labute approximate surface area is 210 Å². The van der Waals surface area contributed by atoms with Gasteiger partial charge in [0, 0.05) is 24.1 Å². The van der Waals surface area contributed by atoms with Crippen molar-refractivity contribution in [2.45, 2.75) is 12.3 Å². The summed E-state index contributed by atoms with van der Waals surface area (Å²) in [6.07, 6.45) is 1.01. The second-order valence-electron chi connectivity index (χ2n) is 8.76. The monoisotopic (exact) mass is 497 g/mol. The van der Waals surface area contributed by atoms with E-state index in [1.807, 2.05) is 24.3 Å². The molecule has 0 radical (unpaired) electrons. The molecular formula is C29H23NO7. The average molecular weight is 498 g/mol. The molecule has 0 aliphatic rings. The van der Waals surface area contributed by atoms with Crippen molar-refractivity contribution in [1.29, 1.82) is 0 Å². The van der Waals surface area contributed by atoms with E-state index in [9.17, 15) is 24.6 Å². The number of benzene rings is 3. The summed E-state index contributed by atoms with van der Waals surface area (Å²) in [6.45, 7) is 0. The highest BCUT2D eigenvalue weighted by Gasteiger charge is 2.29. The number of esters is 1. The van der Waals surface area contributed by atoms with Gasteiger partial charge in [-0.1, -0.05) is 30.3 Å². The van der Waals surface area contributed by atoms with Gasteiger partial charge in [-0.2, -0.15) is 0 Å². The Kier molecular flexibility index (Phi) is 6.01. The van der Waals surface area contributed by atoms with Gasteiger partial charge < -0.3 is 23.9 Å². The molecule has 0 amide bonds. The summed E-state index contributed by atoms with van der Waals surface area (Å²) in [5.74, 6) is -1.72. The number of ether oxygens (including phenoxy) is 1. The van der Waals surface area contributed by atoms with Crippen molar-refractivity contribution in [3.8, 4) is 22.6 Å². The number of aromatic nitrogens is 1. The summed E-state index contributed by atoms with van der Waals surface area (Å²) in [7, 11) is 2.88. The molecule has 186 valence electrons. The average Bonchev–Trinajstić information content (AvgIpc) is 2.90. The summed E-state index contributed by atoms with van der Waals surface area (Å²) in [5.41, 5.74) is 1.25. The predicted octanol–water partition coefficient (Wildman–Crippen LogP) is 4.42. The molecule has 2 heterocycles. The molecule has 2 N–H and O–H groups in total. The van der Waals surface area contributed by atoms with Crippen molar-refractivity contribution >= 4 is 27.8 Å². The van der Waals surface area contributed by atoms with Gasteiger partial charge in [0.05, 0.1) is 30.0 Å². The largest absolute Gasteiger partial charge is 0.508 e. The predicted molar refractivity (Wildman–Crippen MR) is 139 cm³/mol. The van der Waals surface area contributed by atoms with Crippen LogP contribution in [-0.4, -0.2) is 27.9 Å². The van der Waals surface area contributed by atoms with Gasteiger partial charge in [0.15, 0.2) is 0 Å². The van der Waals surface area contributed by atoms with Crippen LogP contribution in [0.15, 0.2) is 87.0 Å². The smallest absolute Gasteiger partial charge is 0.306 e. The Balaban J connectivity index is 1.78. The molecule has 37 heavy (non-hydrogen) atoms. The number of para-hydroxylation sites is 1. The minimum atomic E-state index is -0.956. The second-order valence-corrected chi connectivity index (χ2v) is 8.76. The van der Waals surface area contributed by atoms with Crippen LogP contribution >= 0.6 is 0 Å². The zero-order chi connectivity index (χ0) is 26.3. The topological polar surface area (TPSA) is 119 Å². The van der Waals surface area contributed by atoms with Gasteiger partial charge in [-0.15, -0.1) is 0 Å². The molecule has 3 aromatic carbocycles. The summed E-state index contributed by atoms with van der Waals surface area (Å²) in [4.78, 5) is 39.4. The van der Waals surface area contributed by atoms with E-state index in [0.717, 1.165) is 5.39 Å². The van der Waals surface area contributed by atoms with Crippen LogP contribution in [0, 0.1) is 0 Å². The van der Waals surface area contributed by atoms with Crippen LogP contribution < -0.4 is 11.0 Å². The van der Waals surface area contributed by atoms with Crippen molar-refractivity contribution in [3.05, 3.63) is 105 Å². The summed E-state index contributed by atoms with van der Waals surface area (Å²) in [5, 5.41) is 21.5.